The Labute approximate surface area is 210 Å². The summed E-state index contributed by atoms with van der Waals surface area (Å²) >= 11 is 0. The van der Waals surface area contributed by atoms with Gasteiger partial charge in [0.05, 0.1) is 13.0 Å². The number of amides is 4. The van der Waals surface area contributed by atoms with Crippen LogP contribution in [0.1, 0.15) is 36.0 Å². The van der Waals surface area contributed by atoms with Crippen LogP contribution in [0.3, 0.4) is 0 Å². The number of unbranched alkanes of at least 4 members (excludes halogenated alkanes) is 1. The number of primary amides is 1. The van der Waals surface area contributed by atoms with E-state index in [1.54, 1.807) is 0 Å². The van der Waals surface area contributed by atoms with Crippen molar-refractivity contribution in [1.82, 2.24) is 10.6 Å². The predicted molar refractivity (Wildman–Crippen MR) is 139 cm³/mol. The monoisotopic (exact) mass is 488 g/mol. The van der Waals surface area contributed by atoms with Gasteiger partial charge in [-0.25, -0.2) is 4.79 Å². The number of carbonyl (C=O) groups excluding carboxylic acids is 3. The van der Waals surface area contributed by atoms with Gasteiger partial charge < -0.3 is 21.5 Å². The number of nitrogens with two attached hydrogens (primary N) is 2. The molecule has 3 aromatic rings. The van der Waals surface area contributed by atoms with Crippen molar-refractivity contribution in [3.63, 3.8) is 0 Å². The van der Waals surface area contributed by atoms with Crippen LogP contribution < -0.4 is 26.8 Å². The Bertz CT molecular complexity index is 1250. The topological polar surface area (TPSA) is 137 Å². The second-order valence-corrected chi connectivity index (χ2v) is 9.46. The number of imide groups is 1. The molecule has 0 saturated heterocycles. The maximum absolute atomic E-state index is 12.5. The first-order valence-corrected chi connectivity index (χ1v) is 12.2. The van der Waals surface area contributed by atoms with Gasteiger partial charge in [0.1, 0.15) is 5.75 Å². The van der Waals surface area contributed by atoms with E-state index in [4.69, 9.17) is 16.2 Å². The fourth-order valence-electron chi connectivity index (χ4n) is 4.76. The van der Waals surface area contributed by atoms with E-state index in [2.05, 4.69) is 22.8 Å². The van der Waals surface area contributed by atoms with E-state index < -0.39 is 17.5 Å². The molecule has 1 aliphatic rings. The number of benzene rings is 3. The number of carbonyl (C=O) groups is 3. The smallest absolute Gasteiger partial charge is 0.318 e. The van der Waals surface area contributed by atoms with Gasteiger partial charge in [-0.1, -0.05) is 48.5 Å². The molecule has 0 spiro atoms. The summed E-state index contributed by atoms with van der Waals surface area (Å²) in [4.78, 5) is 35.6. The van der Waals surface area contributed by atoms with Gasteiger partial charge in [-0.2, -0.15) is 0 Å². The second-order valence-electron chi connectivity index (χ2n) is 9.46. The zero-order chi connectivity index (χ0) is 25.5. The molecule has 4 amide bonds. The molecule has 1 aliphatic carbocycles. The first-order valence-electron chi connectivity index (χ1n) is 12.2. The van der Waals surface area contributed by atoms with Crippen molar-refractivity contribution in [2.24, 2.45) is 11.5 Å². The molecule has 0 atom stereocenters. The standard InChI is InChI=1S/C28H32N4O4/c29-27(35)32-25(33)15-23-13-19-7-1-2-8-20(19)14-24(23)36-12-6-5-11-31-26(34)18-28(30)16-21-9-3-4-10-22(21)17-28/h1-4,7-10,13-14H,5-6,11-12,15-18,30H2,(H,31,34)(H3,29,32,33,35). The van der Waals surface area contributed by atoms with Crippen molar-refractivity contribution in [2.45, 2.75) is 44.1 Å². The molecule has 36 heavy (non-hydrogen) atoms. The van der Waals surface area contributed by atoms with E-state index in [1.165, 1.54) is 11.1 Å². The van der Waals surface area contributed by atoms with Crippen LogP contribution in [-0.4, -0.2) is 36.5 Å². The predicted octanol–water partition coefficient (Wildman–Crippen LogP) is 2.74. The quantitative estimate of drug-likeness (QED) is 0.325. The average Bonchev–Trinajstić information content (AvgIpc) is 3.16. The molecule has 188 valence electrons. The lowest BCUT2D eigenvalue weighted by Gasteiger charge is -2.22. The number of ether oxygens (including phenoxy) is 1. The fourth-order valence-corrected chi connectivity index (χ4v) is 4.76. The molecular formula is C28H32N4O4. The number of fused-ring (bicyclic) bond motifs is 2. The van der Waals surface area contributed by atoms with Crippen LogP contribution in [0, 0.1) is 0 Å². The average molecular weight is 489 g/mol. The van der Waals surface area contributed by atoms with Crippen LogP contribution in [0.25, 0.3) is 10.8 Å². The van der Waals surface area contributed by atoms with Gasteiger partial charge in [-0.05, 0) is 59.7 Å². The van der Waals surface area contributed by atoms with E-state index in [0.717, 1.165) is 36.5 Å². The van der Waals surface area contributed by atoms with Gasteiger partial charge in [0, 0.05) is 24.1 Å². The second kappa shape index (κ2) is 11.2. The van der Waals surface area contributed by atoms with Crippen molar-refractivity contribution < 1.29 is 19.1 Å². The van der Waals surface area contributed by atoms with Crippen LogP contribution >= 0.6 is 0 Å². The highest BCUT2D eigenvalue weighted by Gasteiger charge is 2.35. The van der Waals surface area contributed by atoms with Crippen molar-refractivity contribution in [3.05, 3.63) is 77.4 Å². The molecule has 0 unspecified atom stereocenters. The third-order valence-electron chi connectivity index (χ3n) is 6.41. The summed E-state index contributed by atoms with van der Waals surface area (Å²) in [5.74, 6) is 0.0557. The zero-order valence-corrected chi connectivity index (χ0v) is 20.2. The van der Waals surface area contributed by atoms with Crippen LogP contribution in [0.5, 0.6) is 5.75 Å². The Kier molecular flexibility index (Phi) is 7.85. The number of hydrogen-bond acceptors (Lipinski definition) is 5. The van der Waals surface area contributed by atoms with Gasteiger partial charge in [0.15, 0.2) is 0 Å². The maximum atomic E-state index is 12.5. The largest absolute Gasteiger partial charge is 0.493 e. The fraction of sp³-hybridized carbons (Fsp3) is 0.321. The van der Waals surface area contributed by atoms with Gasteiger partial charge in [-0.3, -0.25) is 14.9 Å². The maximum Gasteiger partial charge on any atom is 0.318 e. The normalized spacial score (nSPS) is 13.7. The highest BCUT2D eigenvalue weighted by Crippen LogP contribution is 2.30. The molecule has 0 radical (unpaired) electrons. The Morgan fingerprint density at radius 2 is 1.53 bits per heavy atom. The van der Waals surface area contributed by atoms with Gasteiger partial charge in [0.25, 0.3) is 0 Å². The van der Waals surface area contributed by atoms with Crippen molar-refractivity contribution in [3.8, 4) is 5.75 Å². The molecule has 0 aromatic heterocycles. The molecule has 0 saturated carbocycles. The van der Waals surface area contributed by atoms with Crippen LogP contribution in [0.2, 0.25) is 0 Å². The summed E-state index contributed by atoms with van der Waals surface area (Å²) in [6.07, 6.45) is 3.18. The number of nitrogens with one attached hydrogen (secondary N) is 2. The summed E-state index contributed by atoms with van der Waals surface area (Å²) in [7, 11) is 0. The molecule has 8 heteroatoms. The molecule has 3 aromatic carbocycles. The summed E-state index contributed by atoms with van der Waals surface area (Å²) in [6.45, 7) is 0.964. The highest BCUT2D eigenvalue weighted by atomic mass is 16.5. The van der Waals surface area contributed by atoms with Gasteiger partial charge in [0.2, 0.25) is 11.8 Å². The molecular weight excluding hydrogens is 456 g/mol. The van der Waals surface area contributed by atoms with E-state index in [1.807, 2.05) is 48.5 Å². The lowest BCUT2D eigenvalue weighted by Crippen LogP contribution is -2.45. The molecule has 0 fully saturated rings. The molecule has 8 nitrogen and oxygen atoms in total. The zero-order valence-electron chi connectivity index (χ0n) is 20.2. The lowest BCUT2D eigenvalue weighted by molar-refractivity contribution is -0.122. The van der Waals surface area contributed by atoms with E-state index >= 15 is 0 Å². The third kappa shape index (κ3) is 6.60. The first kappa shape index (κ1) is 25.2. The Morgan fingerprint density at radius 3 is 2.19 bits per heavy atom. The van der Waals surface area contributed by atoms with Gasteiger partial charge >= 0.3 is 6.03 Å². The number of urea groups is 1. The van der Waals surface area contributed by atoms with Crippen molar-refractivity contribution in [2.75, 3.05) is 13.2 Å². The van der Waals surface area contributed by atoms with Crippen LogP contribution in [0.4, 0.5) is 4.79 Å². The summed E-state index contributed by atoms with van der Waals surface area (Å²) < 4.78 is 5.99. The van der Waals surface area contributed by atoms with E-state index in [-0.39, 0.29) is 12.3 Å². The molecule has 6 N–H and O–H groups in total. The summed E-state index contributed by atoms with van der Waals surface area (Å²) in [5, 5.41) is 7.02. The lowest BCUT2D eigenvalue weighted by atomic mass is 9.92. The number of hydrogen-bond donors (Lipinski definition) is 4. The molecule has 4 rings (SSSR count). The molecule has 0 heterocycles. The number of rotatable bonds is 10. The minimum Gasteiger partial charge on any atom is -0.493 e. The van der Waals surface area contributed by atoms with Crippen LogP contribution in [0.15, 0.2) is 60.7 Å². The highest BCUT2D eigenvalue weighted by molar-refractivity contribution is 5.95. The van der Waals surface area contributed by atoms with Crippen LogP contribution in [-0.2, 0) is 28.9 Å². The van der Waals surface area contributed by atoms with Crippen molar-refractivity contribution >= 4 is 28.6 Å². The molecule has 0 bridgehead atoms. The minimum absolute atomic E-state index is 0.0239. The third-order valence-corrected chi connectivity index (χ3v) is 6.41. The van der Waals surface area contributed by atoms with Gasteiger partial charge in [-0.15, -0.1) is 0 Å². The minimum atomic E-state index is -0.886. The van der Waals surface area contributed by atoms with E-state index in [0.29, 0.717) is 30.9 Å². The summed E-state index contributed by atoms with van der Waals surface area (Å²) in [6, 6.07) is 18.8. The molecule has 0 aliphatic heterocycles. The summed E-state index contributed by atoms with van der Waals surface area (Å²) in [5.41, 5.74) is 14.2. The van der Waals surface area contributed by atoms with E-state index in [9.17, 15) is 14.4 Å². The Balaban J connectivity index is 1.24. The SMILES string of the molecule is NC(=O)NC(=O)Cc1cc2ccccc2cc1OCCCCNC(=O)CC1(N)Cc2ccccc2C1. The Morgan fingerprint density at radius 1 is 0.889 bits per heavy atom. The first-order chi connectivity index (χ1) is 17.3. The van der Waals surface area contributed by atoms with Crippen molar-refractivity contribution in [1.29, 1.82) is 0 Å². The Hall–Kier alpha value is -3.91.